The summed E-state index contributed by atoms with van der Waals surface area (Å²) < 4.78 is 5.21. The molecule has 0 aromatic rings. The smallest absolute Gasteiger partial charge is 0.118 e. The van der Waals surface area contributed by atoms with E-state index in [2.05, 4.69) is 31.2 Å². The maximum Gasteiger partial charge on any atom is 0.118 e. The molecule has 2 rings (SSSR count). The maximum atomic E-state index is 5.21. The molecule has 2 aliphatic carbocycles. The van der Waals surface area contributed by atoms with E-state index in [1.807, 2.05) is 0 Å². The van der Waals surface area contributed by atoms with Gasteiger partial charge in [0.05, 0.1) is 7.11 Å². The van der Waals surface area contributed by atoms with Crippen LogP contribution in [-0.2, 0) is 4.74 Å². The van der Waals surface area contributed by atoms with Crippen molar-refractivity contribution < 1.29 is 4.74 Å². The minimum absolute atomic E-state index is 0.555. The van der Waals surface area contributed by atoms with Gasteiger partial charge in [-0.2, -0.15) is 0 Å². The highest BCUT2D eigenvalue weighted by atomic mass is 16.5. The molecule has 1 heteroatoms. The van der Waals surface area contributed by atoms with Gasteiger partial charge in [-0.25, -0.2) is 0 Å². The third-order valence-electron chi connectivity index (χ3n) is 2.67. The normalized spacial score (nSPS) is 30.5. The summed E-state index contributed by atoms with van der Waals surface area (Å²) in [4.78, 5) is 0. The van der Waals surface area contributed by atoms with Gasteiger partial charge in [0.25, 0.3) is 0 Å². The van der Waals surface area contributed by atoms with Crippen molar-refractivity contribution in [2.45, 2.75) is 19.8 Å². The maximum absolute atomic E-state index is 5.21. The zero-order valence-corrected chi connectivity index (χ0v) is 8.29. The van der Waals surface area contributed by atoms with Crippen LogP contribution in [-0.4, -0.2) is 7.11 Å². The predicted octanol–water partition coefficient (Wildman–Crippen LogP) is 3.06. The van der Waals surface area contributed by atoms with Crippen LogP contribution in [0.25, 0.3) is 0 Å². The molecule has 0 saturated heterocycles. The lowest BCUT2D eigenvalue weighted by Crippen LogP contribution is -2.00. The van der Waals surface area contributed by atoms with Gasteiger partial charge in [0.15, 0.2) is 0 Å². The lowest BCUT2D eigenvalue weighted by molar-refractivity contribution is 0.304. The molecule has 13 heavy (non-hydrogen) atoms. The van der Waals surface area contributed by atoms with Crippen molar-refractivity contribution in [3.63, 3.8) is 0 Å². The highest BCUT2D eigenvalue weighted by Gasteiger charge is 2.20. The van der Waals surface area contributed by atoms with Crippen molar-refractivity contribution in [2.75, 3.05) is 7.11 Å². The molecule has 1 unspecified atom stereocenters. The van der Waals surface area contributed by atoms with Crippen LogP contribution in [0.2, 0.25) is 0 Å². The van der Waals surface area contributed by atoms with E-state index >= 15 is 0 Å². The number of ether oxygens (including phenoxy) is 1. The van der Waals surface area contributed by atoms with Gasteiger partial charge in [-0.1, -0.05) is 19.1 Å². The lowest BCUT2D eigenvalue weighted by atomic mass is 9.94. The fraction of sp³-hybridized carbons (Fsp3) is 0.500. The second kappa shape index (κ2) is 3.41. The molecule has 0 spiro atoms. The van der Waals surface area contributed by atoms with E-state index < -0.39 is 0 Å². The Morgan fingerprint density at radius 1 is 1.46 bits per heavy atom. The second-order valence-electron chi connectivity index (χ2n) is 3.90. The van der Waals surface area contributed by atoms with Crippen molar-refractivity contribution in [3.05, 3.63) is 35.6 Å². The van der Waals surface area contributed by atoms with Crippen molar-refractivity contribution >= 4 is 0 Å². The zero-order valence-electron chi connectivity index (χ0n) is 8.29. The molecule has 1 nitrogen and oxygen atoms in total. The summed E-state index contributed by atoms with van der Waals surface area (Å²) in [5.41, 5.74) is 1.42. The Balaban J connectivity index is 2.16. The number of hydrogen-bond acceptors (Lipinski definition) is 1. The molecule has 0 radical (unpaired) electrons. The van der Waals surface area contributed by atoms with Crippen LogP contribution >= 0.6 is 0 Å². The van der Waals surface area contributed by atoms with Crippen LogP contribution in [0.1, 0.15) is 19.8 Å². The van der Waals surface area contributed by atoms with Crippen LogP contribution in [0.4, 0.5) is 0 Å². The molecule has 0 aromatic carbocycles. The minimum Gasteiger partial charge on any atom is -0.497 e. The molecule has 0 aliphatic heterocycles. The SMILES string of the molecule is COC1=C/C(=C/C2CC2)C(C)C=C1. The van der Waals surface area contributed by atoms with Gasteiger partial charge in [-0.15, -0.1) is 0 Å². The third kappa shape index (κ3) is 2.03. The van der Waals surface area contributed by atoms with E-state index in [9.17, 15) is 0 Å². The summed E-state index contributed by atoms with van der Waals surface area (Å²) in [6.07, 6.45) is 11.5. The van der Waals surface area contributed by atoms with Gasteiger partial charge in [0, 0.05) is 0 Å². The average molecular weight is 176 g/mol. The predicted molar refractivity (Wildman–Crippen MR) is 54.2 cm³/mol. The Morgan fingerprint density at radius 2 is 2.23 bits per heavy atom. The first-order valence-electron chi connectivity index (χ1n) is 4.95. The average Bonchev–Trinajstić information content (AvgIpc) is 2.93. The summed E-state index contributed by atoms with van der Waals surface area (Å²) in [6, 6.07) is 0. The summed E-state index contributed by atoms with van der Waals surface area (Å²) in [7, 11) is 1.72. The van der Waals surface area contributed by atoms with E-state index in [1.54, 1.807) is 7.11 Å². The molecule has 0 aromatic heterocycles. The Hall–Kier alpha value is -0.980. The standard InChI is InChI=1S/C12H16O/c1-9-3-6-12(13-2)8-11(9)7-10-4-5-10/h3,6-10H,4-5H2,1-2H3/b11-7-. The monoisotopic (exact) mass is 176 g/mol. The first-order chi connectivity index (χ1) is 6.29. The quantitative estimate of drug-likeness (QED) is 0.628. The van der Waals surface area contributed by atoms with E-state index in [1.165, 1.54) is 18.4 Å². The zero-order chi connectivity index (χ0) is 9.26. The van der Waals surface area contributed by atoms with E-state index in [-0.39, 0.29) is 0 Å². The first-order valence-corrected chi connectivity index (χ1v) is 4.95. The lowest BCUT2D eigenvalue weighted by Gasteiger charge is -2.14. The van der Waals surface area contributed by atoms with Crippen molar-refractivity contribution in [1.29, 1.82) is 0 Å². The first kappa shape index (κ1) is 8.61. The Labute approximate surface area is 79.8 Å². The van der Waals surface area contributed by atoms with Gasteiger partial charge >= 0.3 is 0 Å². The second-order valence-corrected chi connectivity index (χ2v) is 3.90. The highest BCUT2D eigenvalue weighted by molar-refractivity contribution is 5.36. The Morgan fingerprint density at radius 3 is 2.85 bits per heavy atom. The molecule has 0 amide bonds. The Bertz CT molecular complexity index is 279. The summed E-state index contributed by atoms with van der Waals surface area (Å²) in [6.45, 7) is 2.23. The molecule has 1 fully saturated rings. The fourth-order valence-corrected chi connectivity index (χ4v) is 1.56. The van der Waals surface area contributed by atoms with Crippen molar-refractivity contribution in [2.24, 2.45) is 11.8 Å². The Kier molecular flexibility index (Phi) is 2.26. The van der Waals surface area contributed by atoms with Gasteiger partial charge < -0.3 is 4.74 Å². The van der Waals surface area contributed by atoms with Crippen LogP contribution in [0.3, 0.4) is 0 Å². The summed E-state index contributed by atoms with van der Waals surface area (Å²) in [5, 5.41) is 0. The molecular formula is C12H16O. The molecule has 0 heterocycles. The van der Waals surface area contributed by atoms with E-state index in [4.69, 9.17) is 4.74 Å². The molecular weight excluding hydrogens is 160 g/mol. The summed E-state index contributed by atoms with van der Waals surface area (Å²) >= 11 is 0. The van der Waals surface area contributed by atoms with Gasteiger partial charge in [-0.05, 0) is 42.4 Å². The van der Waals surface area contributed by atoms with E-state index in [0.717, 1.165) is 11.7 Å². The van der Waals surface area contributed by atoms with Gasteiger partial charge in [0.2, 0.25) is 0 Å². The van der Waals surface area contributed by atoms with E-state index in [0.29, 0.717) is 5.92 Å². The van der Waals surface area contributed by atoms with Crippen molar-refractivity contribution in [3.8, 4) is 0 Å². The fourth-order valence-electron chi connectivity index (χ4n) is 1.56. The topological polar surface area (TPSA) is 9.23 Å². The van der Waals surface area contributed by atoms with Crippen LogP contribution < -0.4 is 0 Å². The van der Waals surface area contributed by atoms with Gasteiger partial charge in [-0.3, -0.25) is 0 Å². The van der Waals surface area contributed by atoms with Gasteiger partial charge in [0.1, 0.15) is 5.76 Å². The largest absolute Gasteiger partial charge is 0.497 e. The molecule has 0 bridgehead atoms. The van der Waals surface area contributed by atoms with Crippen molar-refractivity contribution in [1.82, 2.24) is 0 Å². The molecule has 1 atom stereocenters. The number of hydrogen-bond donors (Lipinski definition) is 0. The summed E-state index contributed by atoms with van der Waals surface area (Å²) in [5.74, 6) is 2.38. The number of allylic oxidation sites excluding steroid dienone is 5. The molecule has 2 aliphatic rings. The highest BCUT2D eigenvalue weighted by Crippen LogP contribution is 2.34. The molecule has 0 N–H and O–H groups in total. The molecule has 70 valence electrons. The minimum atomic E-state index is 0.555. The van der Waals surface area contributed by atoms with Crippen LogP contribution in [0.15, 0.2) is 35.6 Å². The number of methoxy groups -OCH3 is 1. The van der Waals surface area contributed by atoms with Crippen LogP contribution in [0, 0.1) is 11.8 Å². The van der Waals surface area contributed by atoms with Crippen LogP contribution in [0.5, 0.6) is 0 Å². The number of rotatable bonds is 2. The molecule has 1 saturated carbocycles. The third-order valence-corrected chi connectivity index (χ3v) is 2.67.